The zero-order chi connectivity index (χ0) is 7.98. The Morgan fingerprint density at radius 1 is 1.42 bits per heavy atom. The summed E-state index contributed by atoms with van der Waals surface area (Å²) in [6.45, 7) is 10.3. The van der Waals surface area contributed by atoms with Gasteiger partial charge in [-0.15, -0.1) is 0 Å². The molecule has 0 bridgehead atoms. The summed E-state index contributed by atoms with van der Waals surface area (Å²) < 4.78 is 5.74. The molecule has 0 fully saturated rings. The van der Waals surface area contributed by atoms with Crippen molar-refractivity contribution < 1.29 is 16.8 Å². The van der Waals surface area contributed by atoms with E-state index in [2.05, 4.69) is 27.7 Å². The minimum atomic E-state index is -0.833. The van der Waals surface area contributed by atoms with Crippen LogP contribution in [-0.2, 0) is 4.43 Å². The van der Waals surface area contributed by atoms with E-state index in [0.29, 0.717) is 6.10 Å². The first kappa shape index (κ1) is 18.9. The predicted molar refractivity (Wildman–Crippen MR) is 54.4 cm³/mol. The van der Waals surface area contributed by atoms with E-state index in [0.717, 1.165) is 6.42 Å². The van der Waals surface area contributed by atoms with Gasteiger partial charge in [0, 0.05) is 6.10 Å². The second-order valence-corrected chi connectivity index (χ2v) is 5.77. The molecule has 70 valence electrons. The second-order valence-electron chi connectivity index (χ2n) is 2.86. The fraction of sp³-hybridized carbons (Fsp3) is 0.875. The Labute approximate surface area is 101 Å². The smallest absolute Gasteiger partial charge is 1.00 e. The van der Waals surface area contributed by atoms with Crippen molar-refractivity contribution in [2.24, 2.45) is 0 Å². The SMILES string of the molecule is [CH2-]CC[SiH](CC)OC(C)C.[Cl-].[Mg+2]. The van der Waals surface area contributed by atoms with Crippen LogP contribution < -0.4 is 12.4 Å². The van der Waals surface area contributed by atoms with Crippen LogP contribution in [0.25, 0.3) is 0 Å². The second kappa shape index (κ2) is 12.2. The minimum Gasteiger partial charge on any atom is -1.00 e. The van der Waals surface area contributed by atoms with Gasteiger partial charge in [0.1, 0.15) is 0 Å². The topological polar surface area (TPSA) is 9.23 Å². The molecule has 0 aliphatic rings. The van der Waals surface area contributed by atoms with Crippen molar-refractivity contribution in [2.75, 3.05) is 0 Å². The first-order valence-electron chi connectivity index (χ1n) is 4.15. The van der Waals surface area contributed by atoms with Crippen LogP contribution >= 0.6 is 0 Å². The Morgan fingerprint density at radius 3 is 2.17 bits per heavy atom. The molecule has 0 saturated heterocycles. The average Bonchev–Trinajstić information content (AvgIpc) is 1.86. The fourth-order valence-electron chi connectivity index (χ4n) is 0.981. The maximum absolute atomic E-state index is 5.74. The Morgan fingerprint density at radius 2 is 1.92 bits per heavy atom. The normalized spacial score (nSPS) is 11.8. The summed E-state index contributed by atoms with van der Waals surface area (Å²) in [5.74, 6) is 0. The summed E-state index contributed by atoms with van der Waals surface area (Å²) in [7, 11) is -0.833. The van der Waals surface area contributed by atoms with E-state index in [1.165, 1.54) is 12.1 Å². The van der Waals surface area contributed by atoms with Crippen LogP contribution in [0.4, 0.5) is 0 Å². The Hall–Kier alpha value is 1.23. The summed E-state index contributed by atoms with van der Waals surface area (Å²) in [6, 6.07) is 2.47. The molecule has 0 aliphatic heterocycles. The average molecular weight is 219 g/mol. The van der Waals surface area contributed by atoms with Gasteiger partial charge in [-0.25, -0.2) is 0 Å². The molecule has 0 heterocycles. The van der Waals surface area contributed by atoms with E-state index in [1.807, 2.05) is 0 Å². The molecule has 12 heavy (non-hydrogen) atoms. The van der Waals surface area contributed by atoms with Gasteiger partial charge in [0.05, 0.1) is 0 Å². The molecule has 0 aliphatic carbocycles. The zero-order valence-corrected chi connectivity index (χ0v) is 11.8. The van der Waals surface area contributed by atoms with Crippen LogP contribution in [0, 0.1) is 6.92 Å². The summed E-state index contributed by atoms with van der Waals surface area (Å²) in [6.07, 6.45) is 1.46. The standard InChI is InChI=1S/C8H19OSi.ClH.Mg/c1-5-7-10(6-2)9-8(3)4;;/h8,10H,1,5-7H2,2-4H3;1H;/q-1;;+2/p-1. The van der Waals surface area contributed by atoms with Crippen LogP contribution in [0.2, 0.25) is 12.1 Å². The largest absolute Gasteiger partial charge is 2.00 e. The van der Waals surface area contributed by atoms with Gasteiger partial charge >= 0.3 is 23.1 Å². The third kappa shape index (κ3) is 11.2. The van der Waals surface area contributed by atoms with Gasteiger partial charge in [-0.2, -0.15) is 6.42 Å². The molecule has 0 spiro atoms. The van der Waals surface area contributed by atoms with Crippen LogP contribution in [0.1, 0.15) is 27.2 Å². The maximum Gasteiger partial charge on any atom is 2.00 e. The fourth-order valence-corrected chi connectivity index (χ4v) is 2.94. The molecule has 1 atom stereocenters. The summed E-state index contributed by atoms with van der Waals surface area (Å²) in [4.78, 5) is 0. The first-order valence-corrected chi connectivity index (χ1v) is 6.25. The number of hydrogen-bond acceptors (Lipinski definition) is 1. The van der Waals surface area contributed by atoms with Crippen molar-refractivity contribution >= 4 is 32.1 Å². The van der Waals surface area contributed by atoms with Gasteiger partial charge in [0.25, 0.3) is 0 Å². The molecule has 1 nitrogen and oxygen atoms in total. The molecule has 4 heteroatoms. The van der Waals surface area contributed by atoms with Crippen molar-refractivity contribution in [1.29, 1.82) is 0 Å². The van der Waals surface area contributed by atoms with E-state index in [9.17, 15) is 0 Å². The summed E-state index contributed by atoms with van der Waals surface area (Å²) >= 11 is 0. The third-order valence-corrected chi connectivity index (χ3v) is 4.34. The third-order valence-electron chi connectivity index (χ3n) is 1.45. The number of rotatable bonds is 5. The van der Waals surface area contributed by atoms with Crippen LogP contribution in [0.3, 0.4) is 0 Å². The van der Waals surface area contributed by atoms with Gasteiger partial charge in [-0.1, -0.05) is 13.0 Å². The molecule has 0 aromatic carbocycles. The van der Waals surface area contributed by atoms with E-state index in [4.69, 9.17) is 4.43 Å². The number of halogens is 1. The zero-order valence-electron chi connectivity index (χ0n) is 8.48. The molecular formula is C8H19ClMgOSi. The monoisotopic (exact) mass is 218 g/mol. The summed E-state index contributed by atoms with van der Waals surface area (Å²) in [5, 5.41) is 0. The molecular weight excluding hydrogens is 200 g/mol. The van der Waals surface area contributed by atoms with E-state index in [1.54, 1.807) is 0 Å². The van der Waals surface area contributed by atoms with Crippen molar-refractivity contribution in [3.8, 4) is 0 Å². The Kier molecular flexibility index (Phi) is 19.3. The van der Waals surface area contributed by atoms with Gasteiger partial charge in [0.2, 0.25) is 0 Å². The van der Waals surface area contributed by atoms with Crippen molar-refractivity contribution in [2.45, 2.75) is 45.4 Å². The molecule has 0 aromatic rings. The summed E-state index contributed by atoms with van der Waals surface area (Å²) in [5.41, 5.74) is 0. The van der Waals surface area contributed by atoms with Crippen LogP contribution in [-0.4, -0.2) is 38.2 Å². The van der Waals surface area contributed by atoms with Crippen molar-refractivity contribution in [3.63, 3.8) is 0 Å². The molecule has 0 aromatic heterocycles. The van der Waals surface area contributed by atoms with Crippen LogP contribution in [0.15, 0.2) is 0 Å². The molecule has 1 unspecified atom stereocenters. The Balaban J connectivity index is -0.000000405. The predicted octanol–water partition coefficient (Wildman–Crippen LogP) is -0.998. The van der Waals surface area contributed by atoms with Gasteiger partial charge in [0.15, 0.2) is 9.04 Å². The van der Waals surface area contributed by atoms with E-state index >= 15 is 0 Å². The van der Waals surface area contributed by atoms with Gasteiger partial charge < -0.3 is 23.8 Å². The molecule has 0 amide bonds. The van der Waals surface area contributed by atoms with E-state index in [-0.39, 0.29) is 35.5 Å². The maximum atomic E-state index is 5.74. The number of hydrogen-bond donors (Lipinski definition) is 0. The van der Waals surface area contributed by atoms with Gasteiger partial charge in [-0.05, 0) is 19.9 Å². The molecule has 0 rings (SSSR count). The van der Waals surface area contributed by atoms with Crippen molar-refractivity contribution in [3.05, 3.63) is 6.92 Å². The van der Waals surface area contributed by atoms with Crippen LogP contribution in [0.5, 0.6) is 0 Å². The van der Waals surface area contributed by atoms with Crippen molar-refractivity contribution in [1.82, 2.24) is 0 Å². The molecule has 0 radical (unpaired) electrons. The minimum absolute atomic E-state index is 0. The molecule has 0 N–H and O–H groups in total. The molecule has 0 saturated carbocycles. The first-order chi connectivity index (χ1) is 4.70. The quantitative estimate of drug-likeness (QED) is 0.426. The van der Waals surface area contributed by atoms with Gasteiger partial charge in [-0.3, -0.25) is 0 Å². The Bertz CT molecular complexity index is 83.5. The van der Waals surface area contributed by atoms with E-state index < -0.39 is 9.04 Å².